The maximum Gasteiger partial charge on any atom is 0.225 e. The zero-order valence-corrected chi connectivity index (χ0v) is 12.6. The fourth-order valence-corrected chi connectivity index (χ4v) is 2.60. The van der Waals surface area contributed by atoms with Crippen LogP contribution in [0.1, 0.15) is 18.4 Å². The molecule has 2 rings (SSSR count). The van der Waals surface area contributed by atoms with Crippen LogP contribution < -0.4 is 10.1 Å². The molecule has 21 heavy (non-hydrogen) atoms. The predicted molar refractivity (Wildman–Crippen MR) is 79.9 cm³/mol. The van der Waals surface area contributed by atoms with E-state index in [2.05, 4.69) is 16.3 Å². The Morgan fingerprint density at radius 1 is 1.43 bits per heavy atom. The highest BCUT2D eigenvalue weighted by Crippen LogP contribution is 2.22. The smallest absolute Gasteiger partial charge is 0.225 e. The van der Waals surface area contributed by atoms with Crippen LogP contribution in [0.5, 0.6) is 5.75 Å². The Kier molecular flexibility index (Phi) is 4.81. The van der Waals surface area contributed by atoms with Gasteiger partial charge in [0.2, 0.25) is 5.91 Å². The molecule has 1 aromatic rings. The van der Waals surface area contributed by atoms with Gasteiger partial charge in [-0.1, -0.05) is 18.2 Å². The summed E-state index contributed by atoms with van der Waals surface area (Å²) in [5.41, 5.74) is 0.101. The van der Waals surface area contributed by atoms with Gasteiger partial charge < -0.3 is 15.0 Å². The third-order valence-corrected chi connectivity index (χ3v) is 3.98. The largest absolute Gasteiger partial charge is 0.496 e. The van der Waals surface area contributed by atoms with Crippen molar-refractivity contribution in [3.63, 3.8) is 0 Å². The molecular formula is C16H21N3O2. The quantitative estimate of drug-likeness (QED) is 0.907. The minimum atomic E-state index is -0.731. The molecular weight excluding hydrogens is 266 g/mol. The lowest BCUT2D eigenvalue weighted by Crippen LogP contribution is -2.54. The van der Waals surface area contributed by atoms with Crippen molar-refractivity contribution in [2.75, 3.05) is 27.2 Å². The second-order valence-corrected chi connectivity index (χ2v) is 5.53. The van der Waals surface area contributed by atoms with Crippen LogP contribution in [-0.4, -0.2) is 43.6 Å². The number of carbonyl (C=O) groups excluding carboxylic acids is 1. The first kappa shape index (κ1) is 15.3. The fourth-order valence-electron chi connectivity index (χ4n) is 2.60. The van der Waals surface area contributed by atoms with E-state index in [4.69, 9.17) is 4.74 Å². The Hall–Kier alpha value is -2.06. The lowest BCUT2D eigenvalue weighted by Gasteiger charge is -2.36. The molecule has 0 aliphatic carbocycles. The van der Waals surface area contributed by atoms with Crippen molar-refractivity contribution in [2.24, 2.45) is 0 Å². The number of ether oxygens (including phenoxy) is 1. The predicted octanol–water partition coefficient (Wildman–Crippen LogP) is 1.34. The van der Waals surface area contributed by atoms with Gasteiger partial charge >= 0.3 is 0 Å². The molecule has 1 heterocycles. The van der Waals surface area contributed by atoms with E-state index in [-0.39, 0.29) is 12.3 Å². The zero-order chi connectivity index (χ0) is 15.3. The molecule has 0 aromatic heterocycles. The standard InChI is InChI=1S/C16H21N3O2/c1-19-9-7-16(12-17,8-10-19)18-15(20)11-13-5-3-4-6-14(13)21-2/h3-6H,7-11H2,1-2H3,(H,18,20). The summed E-state index contributed by atoms with van der Waals surface area (Å²) in [7, 11) is 3.61. The van der Waals surface area contributed by atoms with Crippen LogP contribution in [0.2, 0.25) is 0 Å². The highest BCUT2D eigenvalue weighted by molar-refractivity contribution is 5.80. The van der Waals surface area contributed by atoms with Gasteiger partial charge in [0, 0.05) is 18.7 Å². The number of nitriles is 1. The van der Waals surface area contributed by atoms with E-state index in [1.807, 2.05) is 31.3 Å². The van der Waals surface area contributed by atoms with E-state index in [1.165, 1.54) is 0 Å². The number of carbonyl (C=O) groups is 1. The van der Waals surface area contributed by atoms with Crippen molar-refractivity contribution in [3.8, 4) is 11.8 Å². The number of benzene rings is 1. The van der Waals surface area contributed by atoms with Gasteiger partial charge in [-0.2, -0.15) is 5.26 Å². The topological polar surface area (TPSA) is 65.4 Å². The van der Waals surface area contributed by atoms with Crippen LogP contribution in [0, 0.1) is 11.3 Å². The first-order valence-corrected chi connectivity index (χ1v) is 7.11. The van der Waals surface area contributed by atoms with Crippen molar-refractivity contribution in [1.82, 2.24) is 10.2 Å². The van der Waals surface area contributed by atoms with Crippen molar-refractivity contribution >= 4 is 5.91 Å². The van der Waals surface area contributed by atoms with Gasteiger partial charge in [-0.05, 0) is 26.0 Å². The summed E-state index contributed by atoms with van der Waals surface area (Å²) in [6.45, 7) is 1.64. The molecule has 0 atom stereocenters. The number of likely N-dealkylation sites (tertiary alicyclic amines) is 1. The zero-order valence-electron chi connectivity index (χ0n) is 12.6. The number of nitrogens with zero attached hydrogens (tertiary/aromatic N) is 2. The van der Waals surface area contributed by atoms with Crippen molar-refractivity contribution < 1.29 is 9.53 Å². The van der Waals surface area contributed by atoms with Crippen LogP contribution in [-0.2, 0) is 11.2 Å². The minimum absolute atomic E-state index is 0.134. The van der Waals surface area contributed by atoms with E-state index in [9.17, 15) is 10.1 Å². The summed E-state index contributed by atoms with van der Waals surface area (Å²) < 4.78 is 5.25. The van der Waals surface area contributed by atoms with E-state index < -0.39 is 5.54 Å². The molecule has 0 bridgehead atoms. The molecule has 1 amide bonds. The summed E-state index contributed by atoms with van der Waals surface area (Å²) in [6, 6.07) is 9.74. The van der Waals surface area contributed by atoms with Gasteiger partial charge in [-0.15, -0.1) is 0 Å². The van der Waals surface area contributed by atoms with Gasteiger partial charge in [0.25, 0.3) is 0 Å². The van der Waals surface area contributed by atoms with Gasteiger partial charge in [-0.25, -0.2) is 0 Å². The summed E-state index contributed by atoms with van der Waals surface area (Å²) in [4.78, 5) is 14.4. The summed E-state index contributed by atoms with van der Waals surface area (Å²) in [6.07, 6.45) is 1.55. The Morgan fingerprint density at radius 2 is 2.10 bits per heavy atom. The van der Waals surface area contributed by atoms with Crippen molar-refractivity contribution in [1.29, 1.82) is 5.26 Å². The van der Waals surface area contributed by atoms with Gasteiger partial charge in [0.05, 0.1) is 19.6 Å². The molecule has 1 aliphatic heterocycles. The molecule has 1 aromatic carbocycles. The van der Waals surface area contributed by atoms with Crippen LogP contribution in [0.3, 0.4) is 0 Å². The number of piperidine rings is 1. The summed E-state index contributed by atoms with van der Waals surface area (Å²) in [5.74, 6) is 0.563. The number of hydrogen-bond donors (Lipinski definition) is 1. The molecule has 1 fully saturated rings. The molecule has 0 radical (unpaired) electrons. The van der Waals surface area contributed by atoms with E-state index in [0.29, 0.717) is 18.6 Å². The van der Waals surface area contributed by atoms with E-state index in [0.717, 1.165) is 18.7 Å². The van der Waals surface area contributed by atoms with Gasteiger partial charge in [0.1, 0.15) is 11.3 Å². The summed E-state index contributed by atoms with van der Waals surface area (Å²) in [5, 5.41) is 12.4. The number of amides is 1. The van der Waals surface area contributed by atoms with E-state index >= 15 is 0 Å². The van der Waals surface area contributed by atoms with E-state index in [1.54, 1.807) is 7.11 Å². The van der Waals surface area contributed by atoms with Crippen molar-refractivity contribution in [2.45, 2.75) is 24.8 Å². The molecule has 5 heteroatoms. The van der Waals surface area contributed by atoms with Crippen molar-refractivity contribution in [3.05, 3.63) is 29.8 Å². The Labute approximate surface area is 125 Å². The summed E-state index contributed by atoms with van der Waals surface area (Å²) >= 11 is 0. The molecule has 1 aliphatic rings. The van der Waals surface area contributed by atoms with Crippen LogP contribution in [0.4, 0.5) is 0 Å². The van der Waals surface area contributed by atoms with Crippen LogP contribution in [0.25, 0.3) is 0 Å². The Bertz CT molecular complexity index is 543. The Balaban J connectivity index is 2.02. The number of hydrogen-bond acceptors (Lipinski definition) is 4. The molecule has 0 unspecified atom stereocenters. The van der Waals surface area contributed by atoms with Crippen LogP contribution >= 0.6 is 0 Å². The third-order valence-electron chi connectivity index (χ3n) is 3.98. The number of nitrogens with one attached hydrogen (secondary N) is 1. The lowest BCUT2D eigenvalue weighted by molar-refractivity contribution is -0.122. The SMILES string of the molecule is COc1ccccc1CC(=O)NC1(C#N)CCN(C)CC1. The normalized spacial score (nSPS) is 17.8. The molecule has 112 valence electrons. The second kappa shape index (κ2) is 6.59. The van der Waals surface area contributed by atoms with Gasteiger partial charge in [-0.3, -0.25) is 4.79 Å². The lowest BCUT2D eigenvalue weighted by atomic mass is 9.89. The number of methoxy groups -OCH3 is 1. The number of rotatable bonds is 4. The average molecular weight is 287 g/mol. The van der Waals surface area contributed by atoms with Gasteiger partial charge in [0.15, 0.2) is 0 Å². The maximum atomic E-state index is 12.3. The molecule has 5 nitrogen and oxygen atoms in total. The maximum absolute atomic E-state index is 12.3. The highest BCUT2D eigenvalue weighted by atomic mass is 16.5. The minimum Gasteiger partial charge on any atom is -0.496 e. The molecule has 1 N–H and O–H groups in total. The monoisotopic (exact) mass is 287 g/mol. The molecule has 0 saturated carbocycles. The Morgan fingerprint density at radius 3 is 2.71 bits per heavy atom. The first-order chi connectivity index (χ1) is 10.1. The molecule has 0 spiro atoms. The number of para-hydroxylation sites is 1. The second-order valence-electron chi connectivity index (χ2n) is 5.53. The third kappa shape index (κ3) is 3.73. The first-order valence-electron chi connectivity index (χ1n) is 7.11. The fraction of sp³-hybridized carbons (Fsp3) is 0.500. The van der Waals surface area contributed by atoms with Crippen LogP contribution in [0.15, 0.2) is 24.3 Å². The molecule has 1 saturated heterocycles. The average Bonchev–Trinajstić information content (AvgIpc) is 2.50. The highest BCUT2D eigenvalue weighted by Gasteiger charge is 2.35.